The van der Waals surface area contributed by atoms with Gasteiger partial charge in [0, 0.05) is 22.6 Å². The lowest BCUT2D eigenvalue weighted by Crippen LogP contribution is -2.43. The topological polar surface area (TPSA) is 102 Å². The monoisotopic (exact) mass is 452 g/mol. The summed E-state index contributed by atoms with van der Waals surface area (Å²) >= 11 is 6.14. The van der Waals surface area contributed by atoms with Gasteiger partial charge in [-0.3, -0.25) is 14.6 Å². The summed E-state index contributed by atoms with van der Waals surface area (Å²) < 4.78 is 14.6. The minimum Gasteiger partial charge on any atom is -0.399 e. The molecule has 0 unspecified atom stereocenters. The first-order valence-corrected chi connectivity index (χ1v) is 10.5. The summed E-state index contributed by atoms with van der Waals surface area (Å²) in [6.45, 7) is 1.71. The normalized spacial score (nSPS) is 15.8. The van der Waals surface area contributed by atoms with Crippen molar-refractivity contribution in [1.82, 2.24) is 9.88 Å². The molecule has 0 fully saturated rings. The van der Waals surface area contributed by atoms with Crippen LogP contribution in [0.25, 0.3) is 0 Å². The average Bonchev–Trinajstić information content (AvgIpc) is 3.15. The minimum atomic E-state index is -1.12. The molecule has 0 saturated carbocycles. The molecule has 0 saturated heterocycles. The van der Waals surface area contributed by atoms with E-state index in [4.69, 9.17) is 23.1 Å². The number of hydrogen-bond donors (Lipinski definition) is 2. The minimum absolute atomic E-state index is 0.220. The maximum atomic E-state index is 14.6. The molecule has 1 aliphatic rings. The zero-order valence-corrected chi connectivity index (χ0v) is 18.1. The Hall–Kier alpha value is -3.45. The zero-order chi connectivity index (χ0) is 23.0. The summed E-state index contributed by atoms with van der Waals surface area (Å²) in [7, 11) is 0. The van der Waals surface area contributed by atoms with Crippen molar-refractivity contribution in [3.63, 3.8) is 0 Å². The van der Waals surface area contributed by atoms with Gasteiger partial charge in [-0.1, -0.05) is 23.7 Å². The van der Waals surface area contributed by atoms with Gasteiger partial charge < -0.3 is 16.4 Å². The number of aromatic nitrogens is 1. The van der Waals surface area contributed by atoms with Crippen molar-refractivity contribution in [1.29, 1.82) is 0 Å². The summed E-state index contributed by atoms with van der Waals surface area (Å²) in [6, 6.07) is 11.1. The highest BCUT2D eigenvalue weighted by molar-refractivity contribution is 6.30. The highest BCUT2D eigenvalue weighted by Gasteiger charge is 2.40. The fraction of sp³-hybridized carbons (Fsp3) is 0.208. The number of rotatable bonds is 5. The van der Waals surface area contributed by atoms with E-state index in [1.54, 1.807) is 55.6 Å². The van der Waals surface area contributed by atoms with Crippen LogP contribution >= 0.6 is 11.6 Å². The second-order valence-corrected chi connectivity index (χ2v) is 8.27. The molecule has 164 valence electrons. The largest absolute Gasteiger partial charge is 0.399 e. The maximum absolute atomic E-state index is 14.6. The molecule has 2 aromatic carbocycles. The summed E-state index contributed by atoms with van der Waals surface area (Å²) in [6.07, 6.45) is 2.41. The van der Waals surface area contributed by atoms with Crippen molar-refractivity contribution < 1.29 is 14.0 Å². The third-order valence-corrected chi connectivity index (χ3v) is 6.02. The number of amides is 2. The number of pyridine rings is 1. The summed E-state index contributed by atoms with van der Waals surface area (Å²) in [4.78, 5) is 32.2. The van der Waals surface area contributed by atoms with E-state index in [9.17, 15) is 14.0 Å². The number of nitrogens with zero attached hydrogens (tertiary/aromatic N) is 2. The molecular weight excluding hydrogens is 431 g/mol. The standard InChI is InChI=1S/C24H22ClFN4O2/c1-13-17(6-3-9-29-13)24(32)30(22(23(28)31)14-4-2-5-16(27)10-14)21-8-7-18-19(21)11-15(25)12-20(18)26/h2-6,9-12,21-22H,7-8,27H2,1H3,(H2,28,31)/t21-,22-/m1/s1. The molecular formula is C24H22ClFN4O2. The van der Waals surface area contributed by atoms with Gasteiger partial charge in [-0.25, -0.2) is 4.39 Å². The predicted molar refractivity (Wildman–Crippen MR) is 120 cm³/mol. The number of halogens is 2. The fourth-order valence-corrected chi connectivity index (χ4v) is 4.60. The van der Waals surface area contributed by atoms with E-state index < -0.39 is 29.7 Å². The quantitative estimate of drug-likeness (QED) is 0.568. The van der Waals surface area contributed by atoms with Crippen LogP contribution in [0.3, 0.4) is 0 Å². The third-order valence-electron chi connectivity index (χ3n) is 5.80. The molecule has 0 aliphatic heterocycles. The van der Waals surface area contributed by atoms with Crippen LogP contribution in [0.4, 0.5) is 10.1 Å². The molecule has 0 radical (unpaired) electrons. The second kappa shape index (κ2) is 8.59. The number of anilines is 1. The zero-order valence-electron chi connectivity index (χ0n) is 17.4. The molecule has 32 heavy (non-hydrogen) atoms. The summed E-state index contributed by atoms with van der Waals surface area (Å²) in [5, 5.41) is 0.220. The predicted octanol–water partition coefficient (Wildman–Crippen LogP) is 4.12. The average molecular weight is 453 g/mol. The van der Waals surface area contributed by atoms with Crippen LogP contribution in [-0.2, 0) is 11.2 Å². The maximum Gasteiger partial charge on any atom is 0.257 e. The molecule has 2 amide bonds. The van der Waals surface area contributed by atoms with Crippen molar-refractivity contribution >= 4 is 29.1 Å². The van der Waals surface area contributed by atoms with E-state index in [2.05, 4.69) is 4.98 Å². The Morgan fingerprint density at radius 3 is 2.69 bits per heavy atom. The van der Waals surface area contributed by atoms with E-state index >= 15 is 0 Å². The van der Waals surface area contributed by atoms with Gasteiger partial charge in [0.05, 0.1) is 11.6 Å². The highest BCUT2D eigenvalue weighted by atomic mass is 35.5. The van der Waals surface area contributed by atoms with E-state index in [0.717, 1.165) is 0 Å². The number of nitrogens with two attached hydrogens (primary N) is 2. The first-order chi connectivity index (χ1) is 15.3. The van der Waals surface area contributed by atoms with Gasteiger partial charge in [0.1, 0.15) is 11.9 Å². The number of aryl methyl sites for hydroxylation is 1. The van der Waals surface area contributed by atoms with Gasteiger partial charge in [0.2, 0.25) is 5.91 Å². The molecule has 1 heterocycles. The van der Waals surface area contributed by atoms with Crippen molar-refractivity contribution in [3.8, 4) is 0 Å². The lowest BCUT2D eigenvalue weighted by atomic mass is 9.97. The van der Waals surface area contributed by atoms with Crippen LogP contribution < -0.4 is 11.5 Å². The van der Waals surface area contributed by atoms with E-state index in [1.807, 2.05) is 0 Å². The van der Waals surface area contributed by atoms with Crippen molar-refractivity contribution in [3.05, 3.63) is 93.5 Å². The number of nitrogen functional groups attached to an aromatic ring is 1. The van der Waals surface area contributed by atoms with Gasteiger partial charge in [-0.05, 0) is 72.9 Å². The summed E-state index contributed by atoms with van der Waals surface area (Å²) in [5.74, 6) is -1.58. The Kier molecular flexibility index (Phi) is 5.84. The van der Waals surface area contributed by atoms with E-state index in [0.29, 0.717) is 46.5 Å². The van der Waals surface area contributed by atoms with Crippen LogP contribution in [-0.4, -0.2) is 21.7 Å². The lowest BCUT2D eigenvalue weighted by Gasteiger charge is -2.36. The number of benzene rings is 2. The van der Waals surface area contributed by atoms with E-state index in [-0.39, 0.29) is 5.02 Å². The van der Waals surface area contributed by atoms with Crippen LogP contribution in [0.2, 0.25) is 5.02 Å². The van der Waals surface area contributed by atoms with Crippen molar-refractivity contribution in [2.45, 2.75) is 31.8 Å². The van der Waals surface area contributed by atoms with Gasteiger partial charge >= 0.3 is 0 Å². The van der Waals surface area contributed by atoms with Crippen LogP contribution in [0.5, 0.6) is 0 Å². The molecule has 1 aliphatic carbocycles. The number of primary amides is 1. The third kappa shape index (κ3) is 3.91. The van der Waals surface area contributed by atoms with Gasteiger partial charge in [-0.15, -0.1) is 0 Å². The van der Waals surface area contributed by atoms with Crippen LogP contribution in [0, 0.1) is 12.7 Å². The fourth-order valence-electron chi connectivity index (χ4n) is 4.39. The molecule has 1 aromatic heterocycles. The summed E-state index contributed by atoms with van der Waals surface area (Å²) in [5.41, 5.74) is 14.6. The van der Waals surface area contributed by atoms with Gasteiger partial charge in [0.15, 0.2) is 0 Å². The number of hydrogen-bond acceptors (Lipinski definition) is 4. The molecule has 6 nitrogen and oxygen atoms in total. The highest BCUT2D eigenvalue weighted by Crippen LogP contribution is 2.43. The van der Waals surface area contributed by atoms with Gasteiger partial charge in [-0.2, -0.15) is 0 Å². The number of carbonyl (C=O) groups is 2. The van der Waals surface area contributed by atoms with Crippen molar-refractivity contribution in [2.75, 3.05) is 5.73 Å². The van der Waals surface area contributed by atoms with Gasteiger partial charge in [0.25, 0.3) is 5.91 Å². The SMILES string of the molecule is Cc1ncccc1C(=O)N([C@@H]1CCc2c(F)cc(Cl)cc21)[C@@H](C(N)=O)c1cccc(N)c1. The van der Waals surface area contributed by atoms with Crippen molar-refractivity contribution in [2.24, 2.45) is 5.73 Å². The Labute approximate surface area is 190 Å². The van der Waals surface area contributed by atoms with Crippen LogP contribution in [0.15, 0.2) is 54.7 Å². The Bertz CT molecular complexity index is 1220. The molecule has 4 rings (SSSR count). The first kappa shape index (κ1) is 21.8. The first-order valence-electron chi connectivity index (χ1n) is 10.1. The van der Waals surface area contributed by atoms with Crippen LogP contribution in [0.1, 0.15) is 51.2 Å². The lowest BCUT2D eigenvalue weighted by molar-refractivity contribution is -0.123. The molecule has 2 atom stereocenters. The smallest absolute Gasteiger partial charge is 0.257 e. The Morgan fingerprint density at radius 2 is 2.00 bits per heavy atom. The molecule has 4 N–H and O–H groups in total. The molecule has 8 heteroatoms. The molecule has 0 bridgehead atoms. The Morgan fingerprint density at radius 1 is 1.22 bits per heavy atom. The number of fused-ring (bicyclic) bond motifs is 1. The molecule has 3 aromatic rings. The second-order valence-electron chi connectivity index (χ2n) is 7.83. The van der Waals surface area contributed by atoms with E-state index in [1.165, 1.54) is 11.0 Å². The molecule has 0 spiro atoms. The number of carbonyl (C=O) groups excluding carboxylic acids is 2. The Balaban J connectivity index is 1.91.